The van der Waals surface area contributed by atoms with Gasteiger partial charge in [-0.3, -0.25) is 4.79 Å². The van der Waals surface area contributed by atoms with Crippen molar-refractivity contribution >= 4 is 28.9 Å². The van der Waals surface area contributed by atoms with Gasteiger partial charge in [-0.25, -0.2) is 14.8 Å². The van der Waals surface area contributed by atoms with Crippen LogP contribution < -0.4 is 10.1 Å². The number of fused-ring (bicyclic) bond motifs is 1. The fraction of sp³-hybridized carbons (Fsp3) is 0.444. The van der Waals surface area contributed by atoms with Crippen molar-refractivity contribution < 1.29 is 19.1 Å². The van der Waals surface area contributed by atoms with Crippen molar-refractivity contribution in [3.05, 3.63) is 72.1 Å². The van der Waals surface area contributed by atoms with Gasteiger partial charge >= 0.3 is 6.16 Å². The number of anilines is 1. The summed E-state index contributed by atoms with van der Waals surface area (Å²) in [6.07, 6.45) is 7.30. The lowest BCUT2D eigenvalue weighted by atomic mass is 9.85. The van der Waals surface area contributed by atoms with Crippen LogP contribution in [0, 0.1) is 5.92 Å². The van der Waals surface area contributed by atoms with Gasteiger partial charge in [-0.05, 0) is 69.4 Å². The topological polar surface area (TPSA) is 95.3 Å². The number of aromatic nitrogens is 3. The van der Waals surface area contributed by atoms with E-state index in [-0.39, 0.29) is 5.92 Å². The molecule has 1 saturated carbocycles. The average Bonchev–Trinajstić information content (AvgIpc) is 3.33. The van der Waals surface area contributed by atoms with Gasteiger partial charge in [0.05, 0.1) is 6.54 Å². The van der Waals surface area contributed by atoms with Crippen molar-refractivity contribution in [1.29, 1.82) is 0 Å². The molecular weight excluding hydrogens is 552 g/mol. The maximum atomic E-state index is 12.7. The van der Waals surface area contributed by atoms with E-state index in [1.165, 1.54) is 19.3 Å². The Morgan fingerprint density at radius 1 is 0.955 bits per heavy atom. The number of imidazole rings is 1. The van der Waals surface area contributed by atoms with E-state index in [0.717, 1.165) is 65.2 Å². The summed E-state index contributed by atoms with van der Waals surface area (Å²) in [4.78, 5) is 34.8. The lowest BCUT2D eigenvalue weighted by Gasteiger charge is -2.20. The number of ether oxygens (including phenoxy) is 2. The van der Waals surface area contributed by atoms with Crippen LogP contribution in [0.15, 0.2) is 60.7 Å². The first-order chi connectivity index (χ1) is 21.2. The Bertz CT molecular complexity index is 1580. The molecule has 0 amide bonds. The summed E-state index contributed by atoms with van der Waals surface area (Å²) in [6, 6.07) is 19.7. The number of hydrogen-bond donors (Lipinski definition) is 1. The van der Waals surface area contributed by atoms with Crippen LogP contribution in [0.1, 0.15) is 84.0 Å². The van der Waals surface area contributed by atoms with Gasteiger partial charge in [0.2, 0.25) is 0 Å². The minimum absolute atomic E-state index is 0.233. The van der Waals surface area contributed by atoms with E-state index in [1.54, 1.807) is 6.07 Å². The Morgan fingerprint density at radius 3 is 2.43 bits per heavy atom. The predicted octanol–water partition coefficient (Wildman–Crippen LogP) is 8.36. The van der Waals surface area contributed by atoms with Gasteiger partial charge in [0.1, 0.15) is 34.3 Å². The van der Waals surface area contributed by atoms with E-state index in [0.29, 0.717) is 31.0 Å². The summed E-state index contributed by atoms with van der Waals surface area (Å²) in [5, 5.41) is 3.38. The SMILES string of the molecule is CCCc1nc2ccc(NCCC(=O)C3CCCCC3)nc2n1Cc1ccc(-c2ccccc2OC(=O)OC(C)(C)C)cc1. The fourth-order valence-corrected chi connectivity index (χ4v) is 5.80. The van der Waals surface area contributed by atoms with Gasteiger partial charge in [0, 0.05) is 30.9 Å². The highest BCUT2D eigenvalue weighted by Crippen LogP contribution is 2.31. The molecule has 1 aliphatic rings. The van der Waals surface area contributed by atoms with Crippen molar-refractivity contribution in [2.75, 3.05) is 11.9 Å². The molecule has 0 spiro atoms. The molecule has 0 aliphatic heterocycles. The van der Waals surface area contributed by atoms with Crippen LogP contribution in [0.3, 0.4) is 0 Å². The first-order valence-corrected chi connectivity index (χ1v) is 15.9. The number of pyridine rings is 1. The summed E-state index contributed by atoms with van der Waals surface area (Å²) < 4.78 is 13.1. The minimum atomic E-state index is -0.728. The number of carbonyl (C=O) groups is 2. The second kappa shape index (κ2) is 14.1. The number of rotatable bonds is 11. The third-order valence-corrected chi connectivity index (χ3v) is 7.96. The average molecular weight is 597 g/mol. The number of nitrogens with one attached hydrogen (secondary N) is 1. The van der Waals surface area contributed by atoms with Gasteiger partial charge < -0.3 is 19.4 Å². The molecule has 2 heterocycles. The summed E-state index contributed by atoms with van der Waals surface area (Å²) >= 11 is 0. The Balaban J connectivity index is 1.31. The smallest absolute Gasteiger partial charge is 0.428 e. The van der Waals surface area contributed by atoms with Crippen LogP contribution in [0.5, 0.6) is 5.75 Å². The molecule has 1 N–H and O–H groups in total. The van der Waals surface area contributed by atoms with E-state index >= 15 is 0 Å². The lowest BCUT2D eigenvalue weighted by molar-refractivity contribution is -0.123. The Kier molecular flexibility index (Phi) is 9.98. The summed E-state index contributed by atoms with van der Waals surface area (Å²) in [5.74, 6) is 2.81. The van der Waals surface area contributed by atoms with E-state index in [4.69, 9.17) is 19.4 Å². The summed E-state index contributed by atoms with van der Waals surface area (Å²) in [5.41, 5.74) is 3.91. The molecule has 0 saturated heterocycles. The molecule has 232 valence electrons. The van der Waals surface area contributed by atoms with Gasteiger partial charge in [-0.1, -0.05) is 68.7 Å². The number of benzene rings is 2. The third kappa shape index (κ3) is 8.04. The highest BCUT2D eigenvalue weighted by atomic mass is 16.7. The maximum absolute atomic E-state index is 12.7. The second-order valence-corrected chi connectivity index (χ2v) is 12.6. The largest absolute Gasteiger partial charge is 0.514 e. The van der Waals surface area contributed by atoms with Crippen molar-refractivity contribution in [1.82, 2.24) is 14.5 Å². The normalized spacial score (nSPS) is 14.0. The molecule has 0 bridgehead atoms. The van der Waals surface area contributed by atoms with Crippen molar-refractivity contribution in [2.24, 2.45) is 5.92 Å². The summed E-state index contributed by atoms with van der Waals surface area (Å²) in [7, 11) is 0. The molecule has 1 aliphatic carbocycles. The van der Waals surface area contributed by atoms with Crippen LogP contribution >= 0.6 is 0 Å². The third-order valence-electron chi connectivity index (χ3n) is 7.96. The molecule has 4 aromatic rings. The van der Waals surface area contributed by atoms with Crippen molar-refractivity contribution in [2.45, 2.75) is 91.2 Å². The zero-order valence-corrected chi connectivity index (χ0v) is 26.4. The molecule has 0 radical (unpaired) electrons. The van der Waals surface area contributed by atoms with Gasteiger partial charge in [0.25, 0.3) is 0 Å². The van der Waals surface area contributed by atoms with Crippen molar-refractivity contribution in [3.8, 4) is 16.9 Å². The Hall–Kier alpha value is -4.20. The van der Waals surface area contributed by atoms with E-state index in [1.807, 2.05) is 63.2 Å². The molecular formula is C36H44N4O4. The molecule has 1 fully saturated rings. The second-order valence-electron chi connectivity index (χ2n) is 12.6. The molecule has 44 heavy (non-hydrogen) atoms. The van der Waals surface area contributed by atoms with Gasteiger partial charge in [0.15, 0.2) is 5.65 Å². The molecule has 2 aromatic carbocycles. The van der Waals surface area contributed by atoms with Crippen LogP contribution in [-0.2, 0) is 22.5 Å². The monoisotopic (exact) mass is 596 g/mol. The molecule has 2 aromatic heterocycles. The van der Waals surface area contributed by atoms with E-state index < -0.39 is 11.8 Å². The number of hydrogen-bond acceptors (Lipinski definition) is 7. The first kappa shape index (κ1) is 31.2. The quantitative estimate of drug-likeness (QED) is 0.137. The Labute approximate surface area is 260 Å². The molecule has 0 unspecified atom stereocenters. The van der Waals surface area contributed by atoms with Crippen LogP contribution in [0.4, 0.5) is 10.6 Å². The zero-order chi connectivity index (χ0) is 31.1. The zero-order valence-electron chi connectivity index (χ0n) is 26.4. The van der Waals surface area contributed by atoms with Gasteiger partial charge in [-0.15, -0.1) is 0 Å². The number of Topliss-reactive ketones (excluding diaryl/α,β-unsaturated/α-hetero) is 1. The van der Waals surface area contributed by atoms with Gasteiger partial charge in [-0.2, -0.15) is 0 Å². The fourth-order valence-electron chi connectivity index (χ4n) is 5.80. The maximum Gasteiger partial charge on any atom is 0.514 e. The molecule has 5 rings (SSSR count). The number of ketones is 1. The predicted molar refractivity (Wildman–Crippen MR) is 174 cm³/mol. The standard InChI is InChI=1S/C36H44N4O4/c1-5-11-33-38-29-20-21-32(37-23-22-30(41)27-12-7-6-8-13-27)39-34(29)40(33)24-25-16-18-26(19-17-25)28-14-9-10-15-31(28)43-35(42)44-36(2,3)4/h9-10,14-21,27H,5-8,11-13,22-24H2,1-4H3,(H,37,39). The van der Waals surface area contributed by atoms with E-state index in [9.17, 15) is 9.59 Å². The number of nitrogens with zero attached hydrogens (tertiary/aromatic N) is 3. The van der Waals surface area contributed by atoms with Crippen LogP contribution in [0.2, 0.25) is 0 Å². The summed E-state index contributed by atoms with van der Waals surface area (Å²) in [6.45, 7) is 8.79. The van der Waals surface area contributed by atoms with Crippen LogP contribution in [-0.4, -0.2) is 38.6 Å². The number of carbonyl (C=O) groups excluding carboxylic acids is 2. The lowest BCUT2D eigenvalue weighted by Crippen LogP contribution is -2.26. The van der Waals surface area contributed by atoms with Crippen LogP contribution in [0.25, 0.3) is 22.3 Å². The number of para-hydroxylation sites is 1. The van der Waals surface area contributed by atoms with Crippen molar-refractivity contribution in [3.63, 3.8) is 0 Å². The highest BCUT2D eigenvalue weighted by Gasteiger charge is 2.21. The molecule has 8 heteroatoms. The minimum Gasteiger partial charge on any atom is -0.428 e. The highest BCUT2D eigenvalue weighted by molar-refractivity contribution is 5.81. The first-order valence-electron chi connectivity index (χ1n) is 15.9. The van der Waals surface area contributed by atoms with E-state index in [2.05, 4.69) is 28.9 Å². The molecule has 0 atom stereocenters. The number of aryl methyl sites for hydroxylation is 1. The molecule has 8 nitrogen and oxygen atoms in total. The Morgan fingerprint density at radius 2 is 1.70 bits per heavy atom.